The van der Waals surface area contributed by atoms with E-state index in [9.17, 15) is 4.79 Å². The molecule has 0 saturated heterocycles. The van der Waals surface area contributed by atoms with E-state index in [-0.39, 0.29) is 18.9 Å². The van der Waals surface area contributed by atoms with Crippen LogP contribution in [0, 0.1) is 0 Å². The van der Waals surface area contributed by atoms with E-state index in [2.05, 4.69) is 4.98 Å². The van der Waals surface area contributed by atoms with E-state index in [0.717, 1.165) is 16.5 Å². The molecule has 16 heavy (non-hydrogen) atoms. The number of para-hydroxylation sites is 1. The van der Waals surface area contributed by atoms with E-state index in [1.807, 2.05) is 30.5 Å². The summed E-state index contributed by atoms with van der Waals surface area (Å²) in [5.74, 6) is -0.972. The first-order valence-electron chi connectivity index (χ1n) is 4.72. The Morgan fingerprint density at radius 2 is 2.12 bits per heavy atom. The largest absolute Gasteiger partial charge is 0.480 e. The second-order valence-corrected chi connectivity index (χ2v) is 3.51. The third-order valence-corrected chi connectivity index (χ3v) is 2.43. The third kappa shape index (κ3) is 2.48. The van der Waals surface area contributed by atoms with Gasteiger partial charge in [-0.2, -0.15) is 0 Å². The Morgan fingerprint density at radius 3 is 2.81 bits per heavy atom. The molecule has 1 radical (unpaired) electrons. The molecule has 0 aliphatic carbocycles. The van der Waals surface area contributed by atoms with Crippen molar-refractivity contribution < 1.29 is 9.90 Å². The summed E-state index contributed by atoms with van der Waals surface area (Å²) in [7, 11) is 0. The number of nitrogens with one attached hydrogen (secondary N) is 1. The first-order chi connectivity index (χ1) is 7.18. The van der Waals surface area contributed by atoms with Gasteiger partial charge in [0.2, 0.25) is 0 Å². The van der Waals surface area contributed by atoms with Crippen molar-refractivity contribution in [1.82, 2.24) is 4.98 Å². The fourth-order valence-electron chi connectivity index (χ4n) is 1.62. The topological polar surface area (TPSA) is 79.1 Å². The fraction of sp³-hybridized carbons (Fsp3) is 0.182. The molecule has 1 atom stereocenters. The first kappa shape index (κ1) is 12.9. The molecule has 1 aromatic heterocycles. The summed E-state index contributed by atoms with van der Waals surface area (Å²) in [4.78, 5) is 13.7. The van der Waals surface area contributed by atoms with Gasteiger partial charge in [-0.05, 0) is 11.6 Å². The third-order valence-electron chi connectivity index (χ3n) is 2.43. The Labute approximate surface area is 105 Å². The van der Waals surface area contributed by atoms with Crippen molar-refractivity contribution in [2.45, 2.75) is 12.5 Å². The Morgan fingerprint density at radius 1 is 1.44 bits per heavy atom. The van der Waals surface area contributed by atoms with Gasteiger partial charge in [0, 0.05) is 42.4 Å². The summed E-state index contributed by atoms with van der Waals surface area (Å²) in [5, 5.41) is 9.75. The van der Waals surface area contributed by atoms with Crippen LogP contribution in [0.25, 0.3) is 10.9 Å². The van der Waals surface area contributed by atoms with Gasteiger partial charge in [-0.15, -0.1) is 0 Å². The van der Waals surface area contributed by atoms with Gasteiger partial charge in [0.05, 0.1) is 0 Å². The zero-order chi connectivity index (χ0) is 10.8. The van der Waals surface area contributed by atoms with Crippen molar-refractivity contribution in [2.75, 3.05) is 0 Å². The summed E-state index contributed by atoms with van der Waals surface area (Å²) >= 11 is 0. The van der Waals surface area contributed by atoms with Crippen LogP contribution in [-0.4, -0.2) is 41.0 Å². The van der Waals surface area contributed by atoms with Crippen molar-refractivity contribution in [3.8, 4) is 0 Å². The summed E-state index contributed by atoms with van der Waals surface area (Å²) in [6.45, 7) is 0. The van der Waals surface area contributed by atoms with Crippen LogP contribution in [0.3, 0.4) is 0 Å². The van der Waals surface area contributed by atoms with E-state index in [1.54, 1.807) is 0 Å². The number of aromatic nitrogens is 1. The number of H-pyrrole nitrogens is 1. The first-order valence-corrected chi connectivity index (χ1v) is 4.72. The Bertz CT molecular complexity index is 495. The number of aliphatic carboxylic acids is 1. The summed E-state index contributed by atoms with van der Waals surface area (Å²) in [6, 6.07) is 6.91. The molecule has 79 valence electrons. The molecular weight excluding hydrogens is 199 g/mol. The van der Waals surface area contributed by atoms with Gasteiger partial charge in [0.15, 0.2) is 0 Å². The molecule has 0 unspecified atom stereocenters. The number of fused-ring (bicyclic) bond motifs is 1. The maximum atomic E-state index is 10.6. The molecule has 0 amide bonds. The van der Waals surface area contributed by atoms with Crippen molar-refractivity contribution in [3.63, 3.8) is 0 Å². The van der Waals surface area contributed by atoms with Gasteiger partial charge in [0.1, 0.15) is 6.04 Å². The molecule has 1 heterocycles. The summed E-state index contributed by atoms with van der Waals surface area (Å²) < 4.78 is 0. The number of rotatable bonds is 3. The smallest absolute Gasteiger partial charge is 0.320 e. The van der Waals surface area contributed by atoms with Crippen molar-refractivity contribution in [3.05, 3.63) is 36.0 Å². The molecule has 2 aromatic rings. The number of hydrogen-bond donors (Lipinski definition) is 3. The van der Waals surface area contributed by atoms with Crippen LogP contribution in [0.1, 0.15) is 5.56 Å². The van der Waals surface area contributed by atoms with Crippen LogP contribution in [0.4, 0.5) is 0 Å². The fourth-order valence-corrected chi connectivity index (χ4v) is 1.62. The Kier molecular flexibility index (Phi) is 4.19. The second kappa shape index (κ2) is 5.22. The molecule has 4 nitrogen and oxygen atoms in total. The van der Waals surface area contributed by atoms with Crippen LogP contribution in [0.5, 0.6) is 0 Å². The minimum atomic E-state index is -0.972. The maximum Gasteiger partial charge on any atom is 0.320 e. The SMILES string of the molecule is N[C@@H](Cc1c[nH]c2ccccc12)C(=O)O.[Li]. The van der Waals surface area contributed by atoms with Gasteiger partial charge in [-0.3, -0.25) is 4.79 Å². The van der Waals surface area contributed by atoms with E-state index in [4.69, 9.17) is 10.8 Å². The quantitative estimate of drug-likeness (QED) is 0.655. The van der Waals surface area contributed by atoms with Crippen LogP contribution in [-0.2, 0) is 11.2 Å². The maximum absolute atomic E-state index is 10.6. The zero-order valence-electron chi connectivity index (χ0n) is 9.10. The molecule has 0 aliphatic heterocycles. The molecule has 0 bridgehead atoms. The van der Waals surface area contributed by atoms with Gasteiger partial charge < -0.3 is 15.8 Å². The molecule has 2 rings (SSSR count). The van der Waals surface area contributed by atoms with Crippen LogP contribution in [0.2, 0.25) is 0 Å². The van der Waals surface area contributed by atoms with Gasteiger partial charge in [-0.25, -0.2) is 0 Å². The van der Waals surface area contributed by atoms with E-state index in [0.29, 0.717) is 6.42 Å². The average Bonchev–Trinajstić information content (AvgIpc) is 2.62. The van der Waals surface area contributed by atoms with Crippen LogP contribution >= 0.6 is 0 Å². The number of benzene rings is 1. The molecule has 4 N–H and O–H groups in total. The van der Waals surface area contributed by atoms with E-state index in [1.165, 1.54) is 0 Å². The van der Waals surface area contributed by atoms with Gasteiger partial charge >= 0.3 is 5.97 Å². The predicted octanol–water partition coefficient (Wildman–Crippen LogP) is 0.742. The van der Waals surface area contributed by atoms with Gasteiger partial charge in [0.25, 0.3) is 0 Å². The van der Waals surface area contributed by atoms with Crippen LogP contribution in [0.15, 0.2) is 30.5 Å². The molecule has 0 aliphatic rings. The van der Waals surface area contributed by atoms with Crippen LogP contribution < -0.4 is 5.73 Å². The second-order valence-electron chi connectivity index (χ2n) is 3.51. The minimum absolute atomic E-state index is 0. The predicted molar refractivity (Wildman–Crippen MR) is 63.4 cm³/mol. The number of carboxylic acid groups (broad SMARTS) is 1. The normalized spacial score (nSPS) is 12.1. The Hall–Kier alpha value is -1.21. The summed E-state index contributed by atoms with van der Waals surface area (Å²) in [5.41, 5.74) is 7.43. The van der Waals surface area contributed by atoms with Gasteiger partial charge in [-0.1, -0.05) is 18.2 Å². The van der Waals surface area contributed by atoms with Crippen molar-refractivity contribution in [1.29, 1.82) is 0 Å². The molecule has 1 aromatic carbocycles. The monoisotopic (exact) mass is 211 g/mol. The number of hydrogen-bond acceptors (Lipinski definition) is 2. The van der Waals surface area contributed by atoms with Crippen molar-refractivity contribution in [2.24, 2.45) is 5.73 Å². The van der Waals surface area contributed by atoms with E-state index >= 15 is 0 Å². The van der Waals surface area contributed by atoms with E-state index < -0.39 is 12.0 Å². The number of nitrogens with two attached hydrogens (primary N) is 1. The van der Waals surface area contributed by atoms with Crippen molar-refractivity contribution >= 4 is 35.7 Å². The molecule has 0 saturated carbocycles. The number of carbonyl (C=O) groups is 1. The molecule has 0 spiro atoms. The number of carboxylic acids is 1. The minimum Gasteiger partial charge on any atom is -0.480 e. The molecule has 0 fully saturated rings. The number of aromatic amines is 1. The summed E-state index contributed by atoms with van der Waals surface area (Å²) in [6.07, 6.45) is 2.16. The average molecular weight is 211 g/mol. The molecular formula is C11H12LiN2O2. The standard InChI is InChI=1S/C11H12N2O2.Li/c12-9(11(14)15)5-7-6-13-10-4-2-1-3-8(7)10;/h1-4,6,9,13H,5,12H2,(H,14,15);/t9-;/m0./s1. The zero-order valence-corrected chi connectivity index (χ0v) is 9.10. The molecule has 5 heteroatoms. The Balaban J connectivity index is 0.00000128.